The summed E-state index contributed by atoms with van der Waals surface area (Å²) in [6, 6.07) is 0. The van der Waals surface area contributed by atoms with Crippen molar-refractivity contribution in [2.24, 2.45) is 0 Å². The molecule has 0 radical (unpaired) electrons. The van der Waals surface area contributed by atoms with Gasteiger partial charge in [-0.15, -0.1) is 0 Å². The fourth-order valence-corrected chi connectivity index (χ4v) is 5.36. The third-order valence-corrected chi connectivity index (χ3v) is 7.41. The van der Waals surface area contributed by atoms with Crippen LogP contribution in [0.15, 0.2) is 11.0 Å². The first kappa shape index (κ1) is 25.2. The highest BCUT2D eigenvalue weighted by molar-refractivity contribution is 7.66. The molecule has 0 amide bonds. The monoisotopic (exact) mass is 497 g/mol. The highest BCUT2D eigenvalue weighted by Crippen LogP contribution is 2.66. The maximum absolute atomic E-state index is 12.0. The summed E-state index contributed by atoms with van der Waals surface area (Å²) in [7, 11) is -16.7. The Morgan fingerprint density at radius 3 is 2.30 bits per heavy atom. The lowest BCUT2D eigenvalue weighted by Crippen LogP contribution is -2.36. The average Bonchev–Trinajstić information content (AvgIpc) is 2.81. The number of aliphatic hydroxyl groups is 2. The van der Waals surface area contributed by atoms with Crippen LogP contribution in [-0.2, 0) is 31.6 Å². The van der Waals surface area contributed by atoms with Gasteiger partial charge < -0.3 is 40.3 Å². The van der Waals surface area contributed by atoms with Gasteiger partial charge in [-0.25, -0.2) is 18.5 Å². The predicted molar refractivity (Wildman–Crippen MR) is 93.4 cm³/mol. The fraction of sp³-hybridized carbons (Fsp3) is 0.600. The van der Waals surface area contributed by atoms with Gasteiger partial charge in [-0.3, -0.25) is 9.09 Å². The largest absolute Gasteiger partial charge is 0.490 e. The van der Waals surface area contributed by atoms with Crippen LogP contribution in [0.1, 0.15) is 11.8 Å². The Bertz CT molecular complexity index is 992. The van der Waals surface area contributed by atoms with Crippen molar-refractivity contribution in [2.75, 3.05) is 12.3 Å². The lowest BCUT2D eigenvalue weighted by atomic mass is 10.1. The molecule has 0 spiro atoms. The smallest absolute Gasteiger partial charge is 0.387 e. The van der Waals surface area contributed by atoms with Gasteiger partial charge in [0, 0.05) is 11.8 Å². The Morgan fingerprint density at radius 2 is 1.73 bits per heavy atom. The summed E-state index contributed by atoms with van der Waals surface area (Å²) >= 11 is 0. The van der Waals surface area contributed by atoms with E-state index in [2.05, 4.69) is 18.1 Å². The van der Waals surface area contributed by atoms with Crippen molar-refractivity contribution < 1.29 is 61.4 Å². The van der Waals surface area contributed by atoms with Crippen molar-refractivity contribution in [3.05, 3.63) is 22.2 Å². The molecule has 0 aromatic carbocycles. The average molecular weight is 497 g/mol. The van der Waals surface area contributed by atoms with E-state index in [0.717, 1.165) is 4.57 Å². The number of nitrogens with two attached hydrogens (primary N) is 1. The van der Waals surface area contributed by atoms with Crippen LogP contribution in [0.2, 0.25) is 0 Å². The molecule has 30 heavy (non-hydrogen) atoms. The quantitative estimate of drug-likeness (QED) is 0.193. The van der Waals surface area contributed by atoms with Crippen LogP contribution in [0.5, 0.6) is 0 Å². The second-order valence-corrected chi connectivity index (χ2v) is 10.4. The number of nitrogens with zero attached hydrogens (tertiary/aromatic N) is 2. The Hall–Kier alpha value is -1.03. The van der Waals surface area contributed by atoms with E-state index in [0.29, 0.717) is 5.56 Å². The van der Waals surface area contributed by atoms with E-state index >= 15 is 0 Å². The Balaban J connectivity index is 2.09. The minimum absolute atomic E-state index is 0.0755. The molecule has 1 fully saturated rings. The number of ether oxygens (including phenoxy) is 1. The van der Waals surface area contributed by atoms with Gasteiger partial charge in [0.15, 0.2) is 6.23 Å². The lowest BCUT2D eigenvalue weighted by Gasteiger charge is -2.19. The summed E-state index contributed by atoms with van der Waals surface area (Å²) < 4.78 is 51.0. The number of rotatable bonds is 8. The second kappa shape index (κ2) is 8.84. The van der Waals surface area contributed by atoms with Crippen molar-refractivity contribution in [3.8, 4) is 0 Å². The van der Waals surface area contributed by atoms with Crippen LogP contribution in [0, 0.1) is 6.92 Å². The maximum Gasteiger partial charge on any atom is 0.490 e. The van der Waals surface area contributed by atoms with Gasteiger partial charge in [0.25, 0.3) is 0 Å². The lowest BCUT2D eigenvalue weighted by molar-refractivity contribution is -0.0542. The highest BCUT2D eigenvalue weighted by Gasteiger charge is 2.46. The number of aryl methyl sites for hydroxylation is 1. The molecule has 1 aliphatic rings. The molecule has 0 saturated carbocycles. The van der Waals surface area contributed by atoms with Crippen molar-refractivity contribution in [1.29, 1.82) is 0 Å². The minimum Gasteiger partial charge on any atom is -0.387 e. The molecule has 1 aromatic rings. The number of nitrogen functional groups attached to an aromatic ring is 1. The highest BCUT2D eigenvalue weighted by atomic mass is 31.3. The summed E-state index contributed by atoms with van der Waals surface area (Å²) in [5, 5.41) is 20.1. The van der Waals surface area contributed by atoms with E-state index in [1.165, 1.54) is 13.1 Å². The number of anilines is 1. The third-order valence-electron chi connectivity index (χ3n) is 3.60. The molecule has 2 heterocycles. The summed E-state index contributed by atoms with van der Waals surface area (Å²) in [5.74, 6) is -0.0755. The summed E-state index contributed by atoms with van der Waals surface area (Å²) in [6.45, 7) is 0.484. The van der Waals surface area contributed by atoms with Gasteiger partial charge in [-0.1, -0.05) is 0 Å². The van der Waals surface area contributed by atoms with Crippen molar-refractivity contribution in [3.63, 3.8) is 0 Å². The van der Waals surface area contributed by atoms with Gasteiger partial charge in [0.05, 0.1) is 6.61 Å². The van der Waals surface area contributed by atoms with E-state index in [1.54, 1.807) is 0 Å². The van der Waals surface area contributed by atoms with E-state index < -0.39 is 60.3 Å². The summed E-state index contributed by atoms with van der Waals surface area (Å²) in [5.41, 5.74) is 4.91. The molecule has 2 rings (SSSR count). The normalized spacial score (nSPS) is 28.8. The molecule has 20 heteroatoms. The van der Waals surface area contributed by atoms with Gasteiger partial charge in [-0.2, -0.15) is 13.6 Å². The first-order valence-electron chi connectivity index (χ1n) is 7.66. The van der Waals surface area contributed by atoms with Gasteiger partial charge in [0.1, 0.15) is 24.1 Å². The molecular formula is C10H18N3O14P3. The first-order chi connectivity index (χ1) is 13.5. The number of hydrogen-bond donors (Lipinski definition) is 7. The zero-order valence-electron chi connectivity index (χ0n) is 14.9. The Kier molecular flexibility index (Phi) is 7.44. The number of aromatic nitrogens is 2. The standard InChI is InChI=1S/C10H18N3O14P3/c1-4-2-13(10(16)12-8(4)11)9-7(15)6(14)5(25-9)3-24-29(20,21)27-30(22,23)26-28(17,18)19/h2,5-7,9,14-15H,3H2,1H3,(H,20,21)(H,22,23)(H2,11,12,16)(H2,17,18,19)/t5-,6+,7+,9-/m1/s1. The van der Waals surface area contributed by atoms with Crippen LogP contribution in [0.4, 0.5) is 5.82 Å². The summed E-state index contributed by atoms with van der Waals surface area (Å²) in [4.78, 5) is 50.9. The molecule has 8 N–H and O–H groups in total. The SMILES string of the molecule is Cc1cn([C@@H]2O[C@H](COP(=O)(O)OP(=O)(O)OP(=O)(O)O)[C@H](O)[C@@H]2O)c(=O)nc1N. The number of hydrogen-bond acceptors (Lipinski definition) is 12. The molecule has 6 atom stereocenters. The molecule has 17 nitrogen and oxygen atoms in total. The van der Waals surface area contributed by atoms with E-state index in [1.807, 2.05) is 0 Å². The van der Waals surface area contributed by atoms with Crippen molar-refractivity contribution >= 4 is 29.3 Å². The molecule has 0 aliphatic carbocycles. The van der Waals surface area contributed by atoms with Gasteiger partial charge >= 0.3 is 29.2 Å². The van der Waals surface area contributed by atoms with Crippen LogP contribution >= 0.6 is 23.5 Å². The Morgan fingerprint density at radius 1 is 1.13 bits per heavy atom. The number of aliphatic hydroxyl groups excluding tert-OH is 2. The number of phosphoric acid groups is 3. The Labute approximate surface area is 167 Å². The zero-order valence-corrected chi connectivity index (χ0v) is 17.5. The van der Waals surface area contributed by atoms with Crippen molar-refractivity contribution in [2.45, 2.75) is 31.5 Å². The predicted octanol–water partition coefficient (Wildman–Crippen LogP) is -1.90. The molecule has 1 aliphatic heterocycles. The molecule has 2 unspecified atom stereocenters. The molecule has 0 bridgehead atoms. The van der Waals surface area contributed by atoms with Crippen LogP contribution in [0.25, 0.3) is 0 Å². The third kappa shape index (κ3) is 6.48. The van der Waals surface area contributed by atoms with Crippen molar-refractivity contribution in [1.82, 2.24) is 9.55 Å². The van der Waals surface area contributed by atoms with E-state index in [-0.39, 0.29) is 5.82 Å². The molecule has 1 saturated heterocycles. The van der Waals surface area contributed by atoms with E-state index in [4.69, 9.17) is 25.2 Å². The molecule has 1 aromatic heterocycles. The summed E-state index contributed by atoms with van der Waals surface area (Å²) in [6.07, 6.45) is -5.32. The van der Waals surface area contributed by atoms with Crippen LogP contribution < -0.4 is 11.4 Å². The number of phosphoric ester groups is 1. The maximum atomic E-state index is 12.0. The van der Waals surface area contributed by atoms with Gasteiger partial charge in [0.2, 0.25) is 0 Å². The van der Waals surface area contributed by atoms with E-state index in [9.17, 15) is 33.6 Å². The fourth-order valence-electron chi connectivity index (χ4n) is 2.33. The zero-order chi connectivity index (χ0) is 23.1. The first-order valence-corrected chi connectivity index (χ1v) is 12.2. The van der Waals surface area contributed by atoms with Crippen LogP contribution in [0.3, 0.4) is 0 Å². The van der Waals surface area contributed by atoms with Crippen LogP contribution in [-0.4, -0.2) is 64.3 Å². The second-order valence-electron chi connectivity index (χ2n) is 5.93. The topological polar surface area (TPSA) is 270 Å². The molecular weight excluding hydrogens is 479 g/mol. The minimum atomic E-state index is -5.72. The molecule has 172 valence electrons. The van der Waals surface area contributed by atoms with Gasteiger partial charge in [-0.05, 0) is 6.92 Å².